The van der Waals surface area contributed by atoms with Crippen molar-refractivity contribution in [2.45, 2.75) is 19.9 Å². The molecule has 1 rings (SSSR count). The number of hydrogen-bond acceptors (Lipinski definition) is 3. The fraction of sp³-hybridized carbons (Fsp3) is 0.462. The van der Waals surface area contributed by atoms with Gasteiger partial charge in [0.25, 0.3) is 5.91 Å². The lowest BCUT2D eigenvalue weighted by atomic mass is 10.1. The Labute approximate surface area is 102 Å². The van der Waals surface area contributed by atoms with Crippen LogP contribution in [0.1, 0.15) is 22.8 Å². The summed E-state index contributed by atoms with van der Waals surface area (Å²) in [5, 5.41) is 9.06. The molecule has 1 aromatic rings. The van der Waals surface area contributed by atoms with Crippen LogP contribution in [0.25, 0.3) is 0 Å². The first-order chi connectivity index (χ1) is 8.01. The number of aryl methyl sites for hydroxylation is 1. The van der Waals surface area contributed by atoms with E-state index in [1.54, 1.807) is 26.1 Å². The Kier molecular flexibility index (Phi) is 4.52. The molecule has 0 aromatic heterocycles. The van der Waals surface area contributed by atoms with Gasteiger partial charge in [0.05, 0.1) is 25.3 Å². The zero-order valence-electron chi connectivity index (χ0n) is 10.7. The molecule has 4 heteroatoms. The Morgan fingerprint density at radius 2 is 2.18 bits per heavy atom. The summed E-state index contributed by atoms with van der Waals surface area (Å²) in [6.45, 7) is 3.65. The molecule has 0 saturated carbocycles. The summed E-state index contributed by atoms with van der Waals surface area (Å²) in [4.78, 5) is 13.7. The van der Waals surface area contributed by atoms with Crippen molar-refractivity contribution in [1.29, 1.82) is 0 Å². The van der Waals surface area contributed by atoms with E-state index in [0.29, 0.717) is 11.3 Å². The van der Waals surface area contributed by atoms with Gasteiger partial charge in [-0.15, -0.1) is 0 Å². The van der Waals surface area contributed by atoms with Crippen LogP contribution in [0.3, 0.4) is 0 Å². The van der Waals surface area contributed by atoms with E-state index < -0.39 is 0 Å². The molecule has 4 nitrogen and oxygen atoms in total. The molecule has 1 atom stereocenters. The Morgan fingerprint density at radius 1 is 1.53 bits per heavy atom. The minimum atomic E-state index is -0.215. The Hall–Kier alpha value is -1.55. The van der Waals surface area contributed by atoms with E-state index in [4.69, 9.17) is 9.84 Å². The number of carbonyl (C=O) groups is 1. The van der Waals surface area contributed by atoms with E-state index in [1.807, 2.05) is 13.0 Å². The average Bonchev–Trinajstić information content (AvgIpc) is 2.35. The van der Waals surface area contributed by atoms with Gasteiger partial charge in [0.1, 0.15) is 5.75 Å². The highest BCUT2D eigenvalue weighted by molar-refractivity contribution is 5.97. The van der Waals surface area contributed by atoms with Crippen LogP contribution in [0, 0.1) is 6.92 Å². The van der Waals surface area contributed by atoms with Crippen molar-refractivity contribution in [2.75, 3.05) is 20.8 Å². The number of aliphatic hydroxyl groups excluding tert-OH is 1. The average molecular weight is 237 g/mol. The molecule has 0 aliphatic rings. The van der Waals surface area contributed by atoms with Crippen LogP contribution >= 0.6 is 0 Å². The summed E-state index contributed by atoms with van der Waals surface area (Å²) < 4.78 is 5.18. The van der Waals surface area contributed by atoms with Crippen molar-refractivity contribution in [3.05, 3.63) is 29.3 Å². The summed E-state index contributed by atoms with van der Waals surface area (Å²) >= 11 is 0. The minimum absolute atomic E-state index is 0.0592. The molecule has 0 saturated heterocycles. The maximum atomic E-state index is 12.2. The minimum Gasteiger partial charge on any atom is -0.496 e. The van der Waals surface area contributed by atoms with Gasteiger partial charge in [0, 0.05) is 7.05 Å². The highest BCUT2D eigenvalue weighted by Gasteiger charge is 2.20. The van der Waals surface area contributed by atoms with Crippen molar-refractivity contribution < 1.29 is 14.6 Å². The molecule has 0 fully saturated rings. The second-order valence-electron chi connectivity index (χ2n) is 4.15. The van der Waals surface area contributed by atoms with Gasteiger partial charge in [0.15, 0.2) is 0 Å². The fourth-order valence-corrected chi connectivity index (χ4v) is 1.50. The number of aliphatic hydroxyl groups is 1. The number of likely N-dealkylation sites (N-methyl/N-ethyl adjacent to an activating group) is 1. The molecular weight excluding hydrogens is 218 g/mol. The SMILES string of the molecule is COc1ccc(C)cc1C(=O)N(C)C(C)CO. The maximum absolute atomic E-state index is 12.2. The van der Waals surface area contributed by atoms with Crippen LogP contribution in [0.5, 0.6) is 5.75 Å². The highest BCUT2D eigenvalue weighted by atomic mass is 16.5. The molecule has 1 N–H and O–H groups in total. The number of hydrogen-bond donors (Lipinski definition) is 1. The predicted octanol–water partition coefficient (Wildman–Crippen LogP) is 1.46. The van der Waals surface area contributed by atoms with E-state index in [-0.39, 0.29) is 18.6 Å². The first-order valence-corrected chi connectivity index (χ1v) is 5.54. The lowest BCUT2D eigenvalue weighted by Crippen LogP contribution is -2.37. The number of amides is 1. The van der Waals surface area contributed by atoms with Gasteiger partial charge in [-0.2, -0.15) is 0 Å². The lowest BCUT2D eigenvalue weighted by Gasteiger charge is -2.24. The van der Waals surface area contributed by atoms with E-state index in [1.165, 1.54) is 12.0 Å². The summed E-state index contributed by atoms with van der Waals surface area (Å²) in [7, 11) is 3.21. The van der Waals surface area contributed by atoms with Crippen LogP contribution in [-0.4, -0.2) is 42.7 Å². The van der Waals surface area contributed by atoms with Gasteiger partial charge in [-0.3, -0.25) is 4.79 Å². The topological polar surface area (TPSA) is 49.8 Å². The molecular formula is C13H19NO3. The Bertz CT molecular complexity index is 404. The number of ether oxygens (including phenoxy) is 1. The zero-order chi connectivity index (χ0) is 13.0. The molecule has 0 aliphatic heterocycles. The monoisotopic (exact) mass is 237 g/mol. The van der Waals surface area contributed by atoms with Gasteiger partial charge in [-0.1, -0.05) is 11.6 Å². The van der Waals surface area contributed by atoms with Gasteiger partial charge in [-0.05, 0) is 26.0 Å². The summed E-state index contributed by atoms with van der Waals surface area (Å²) in [6.07, 6.45) is 0. The number of nitrogens with zero attached hydrogens (tertiary/aromatic N) is 1. The number of methoxy groups -OCH3 is 1. The normalized spacial score (nSPS) is 12.1. The van der Waals surface area contributed by atoms with Crippen molar-refractivity contribution >= 4 is 5.91 Å². The lowest BCUT2D eigenvalue weighted by molar-refractivity contribution is 0.0679. The molecule has 1 aromatic carbocycles. The Morgan fingerprint density at radius 3 is 2.71 bits per heavy atom. The molecule has 0 heterocycles. The Balaban J connectivity index is 3.06. The van der Waals surface area contributed by atoms with E-state index >= 15 is 0 Å². The van der Waals surface area contributed by atoms with Gasteiger partial charge in [-0.25, -0.2) is 0 Å². The highest BCUT2D eigenvalue weighted by Crippen LogP contribution is 2.21. The van der Waals surface area contributed by atoms with Crippen molar-refractivity contribution in [3.63, 3.8) is 0 Å². The molecule has 0 aliphatic carbocycles. The molecule has 1 unspecified atom stereocenters. The van der Waals surface area contributed by atoms with Crippen LogP contribution in [0.2, 0.25) is 0 Å². The number of rotatable bonds is 4. The fourth-order valence-electron chi connectivity index (χ4n) is 1.50. The largest absolute Gasteiger partial charge is 0.496 e. The molecule has 1 amide bonds. The van der Waals surface area contributed by atoms with E-state index in [2.05, 4.69) is 0 Å². The van der Waals surface area contributed by atoms with Crippen molar-refractivity contribution in [3.8, 4) is 5.75 Å². The van der Waals surface area contributed by atoms with E-state index in [9.17, 15) is 4.79 Å². The summed E-state index contributed by atoms with van der Waals surface area (Å²) in [5.74, 6) is 0.407. The van der Waals surface area contributed by atoms with Crippen LogP contribution < -0.4 is 4.74 Å². The standard InChI is InChI=1S/C13H19NO3/c1-9-5-6-12(17-4)11(7-9)13(16)14(3)10(2)8-15/h5-7,10,15H,8H2,1-4H3. The first-order valence-electron chi connectivity index (χ1n) is 5.54. The van der Waals surface area contributed by atoms with Crippen molar-refractivity contribution in [2.24, 2.45) is 0 Å². The number of benzene rings is 1. The third-order valence-corrected chi connectivity index (χ3v) is 2.83. The smallest absolute Gasteiger partial charge is 0.257 e. The van der Waals surface area contributed by atoms with E-state index in [0.717, 1.165) is 5.56 Å². The first kappa shape index (κ1) is 13.5. The third-order valence-electron chi connectivity index (χ3n) is 2.83. The molecule has 0 spiro atoms. The van der Waals surface area contributed by atoms with Gasteiger partial charge >= 0.3 is 0 Å². The molecule has 94 valence electrons. The van der Waals surface area contributed by atoms with Gasteiger partial charge < -0.3 is 14.7 Å². The van der Waals surface area contributed by atoms with Crippen LogP contribution in [0.4, 0.5) is 0 Å². The summed E-state index contributed by atoms with van der Waals surface area (Å²) in [5.41, 5.74) is 1.52. The van der Waals surface area contributed by atoms with Crippen molar-refractivity contribution in [1.82, 2.24) is 4.90 Å². The van der Waals surface area contributed by atoms with Crippen LogP contribution in [-0.2, 0) is 0 Å². The predicted molar refractivity (Wildman–Crippen MR) is 66.4 cm³/mol. The molecule has 0 radical (unpaired) electrons. The second-order valence-corrected chi connectivity index (χ2v) is 4.15. The molecule has 17 heavy (non-hydrogen) atoms. The molecule has 0 bridgehead atoms. The third kappa shape index (κ3) is 2.97. The van der Waals surface area contributed by atoms with Crippen LogP contribution in [0.15, 0.2) is 18.2 Å². The quantitative estimate of drug-likeness (QED) is 0.862. The zero-order valence-corrected chi connectivity index (χ0v) is 10.7. The number of carbonyl (C=O) groups excluding carboxylic acids is 1. The van der Waals surface area contributed by atoms with Gasteiger partial charge in [0.2, 0.25) is 0 Å². The maximum Gasteiger partial charge on any atom is 0.257 e. The summed E-state index contributed by atoms with van der Waals surface area (Å²) in [6, 6.07) is 5.25. The second kappa shape index (κ2) is 5.68.